The predicted octanol–water partition coefficient (Wildman–Crippen LogP) is 10.3. The van der Waals surface area contributed by atoms with Gasteiger partial charge in [-0.1, -0.05) is 170 Å². The van der Waals surface area contributed by atoms with Gasteiger partial charge in [0, 0.05) is 13.0 Å². The lowest BCUT2D eigenvalue weighted by atomic mass is 9.99. The Balaban J connectivity index is 2.41. The molecule has 62 heavy (non-hydrogen) atoms. The molecule has 0 spiro atoms. The van der Waals surface area contributed by atoms with Crippen molar-refractivity contribution in [1.82, 2.24) is 0 Å². The molecule has 1 fully saturated rings. The largest absolute Gasteiger partial charge is 0.457 e. The van der Waals surface area contributed by atoms with Crippen molar-refractivity contribution in [2.45, 2.75) is 205 Å². The maximum Gasteiger partial charge on any atom is 0.397 e. The number of aliphatic hydroxyl groups excluding tert-OH is 3. The van der Waals surface area contributed by atoms with Crippen LogP contribution in [-0.2, 0) is 38.3 Å². The molecule has 0 saturated carbocycles. The van der Waals surface area contributed by atoms with E-state index in [1.807, 2.05) is 0 Å². The van der Waals surface area contributed by atoms with Crippen LogP contribution in [-0.4, -0.2) is 97.5 Å². The van der Waals surface area contributed by atoms with Gasteiger partial charge in [-0.2, -0.15) is 8.42 Å². The lowest BCUT2D eigenvalue weighted by Gasteiger charge is -2.41. The first-order valence-electron chi connectivity index (χ1n) is 23.7. The van der Waals surface area contributed by atoms with Crippen LogP contribution in [0, 0.1) is 0 Å². The minimum atomic E-state index is -5.07. The van der Waals surface area contributed by atoms with Crippen LogP contribution in [0.4, 0.5) is 0 Å². The number of rotatable bonds is 40. The number of unbranched alkanes of at least 4 members (excludes halogenated alkanes) is 15. The zero-order valence-electron chi connectivity index (χ0n) is 38.2. The molecular formula is C49H84O12S. The van der Waals surface area contributed by atoms with Crippen molar-refractivity contribution in [3.8, 4) is 0 Å². The first kappa shape index (κ1) is 57.6. The van der Waals surface area contributed by atoms with Crippen LogP contribution in [0.25, 0.3) is 0 Å². The van der Waals surface area contributed by atoms with Crippen LogP contribution in [0.15, 0.2) is 72.9 Å². The van der Waals surface area contributed by atoms with Crippen LogP contribution in [0.2, 0.25) is 0 Å². The van der Waals surface area contributed by atoms with Gasteiger partial charge in [-0.25, -0.2) is 4.18 Å². The maximum absolute atomic E-state index is 12.9. The fourth-order valence-electron chi connectivity index (χ4n) is 6.79. The Kier molecular flexibility index (Phi) is 37.2. The van der Waals surface area contributed by atoms with E-state index >= 15 is 0 Å². The summed E-state index contributed by atoms with van der Waals surface area (Å²) in [6.45, 7) is 3.83. The van der Waals surface area contributed by atoms with Gasteiger partial charge in [0.25, 0.3) is 0 Å². The monoisotopic (exact) mass is 897 g/mol. The smallest absolute Gasteiger partial charge is 0.397 e. The summed E-state index contributed by atoms with van der Waals surface area (Å²) in [5.41, 5.74) is 0. The van der Waals surface area contributed by atoms with Crippen molar-refractivity contribution in [3.05, 3.63) is 72.9 Å². The molecule has 6 atom stereocenters. The minimum Gasteiger partial charge on any atom is -0.457 e. The van der Waals surface area contributed by atoms with E-state index in [1.165, 1.54) is 57.8 Å². The van der Waals surface area contributed by atoms with Crippen LogP contribution < -0.4 is 0 Å². The van der Waals surface area contributed by atoms with Crippen molar-refractivity contribution in [2.24, 2.45) is 0 Å². The summed E-state index contributed by atoms with van der Waals surface area (Å²) in [7, 11) is -5.07. The average Bonchev–Trinajstić information content (AvgIpc) is 3.24. The van der Waals surface area contributed by atoms with Crippen LogP contribution >= 0.6 is 0 Å². The molecule has 12 nitrogen and oxygen atoms in total. The number of hydrogen-bond donors (Lipinski definition) is 4. The molecule has 1 aliphatic heterocycles. The SMILES string of the molecule is CC/C=C\C/C=C\C/C=C\C/C=C\C/C=C\C/C=C\CCCCCCC(=O)OC(COCCCCCCCCCCCCCC)COC1OC(CO)C(O)C(OS(=O)(=O)O)C1O. The number of esters is 1. The highest BCUT2D eigenvalue weighted by Gasteiger charge is 2.48. The standard InChI is InChI=1S/C49H84O12S/c1-3-5-7-9-11-13-15-17-18-19-20-21-22-23-24-25-26-27-28-30-32-34-36-38-45(51)59-43(41-57-39-37-35-33-31-29-16-14-12-10-8-6-4-2)42-58-49-47(53)48(61-62(54,55)56)46(52)44(40-50)60-49/h5,7,11,13,17-18,20-21,23-24,26-27,43-44,46-50,52-53H,3-4,6,8-10,12,14-16,19,22,25,28-42H2,1-2H3,(H,54,55,56)/b7-5-,13-11-,18-17-,21-20-,24-23-,27-26-. The molecule has 13 heteroatoms. The van der Waals surface area contributed by atoms with E-state index in [-0.39, 0.29) is 19.6 Å². The maximum atomic E-state index is 12.9. The molecule has 358 valence electrons. The molecule has 1 rings (SSSR count). The minimum absolute atomic E-state index is 0.0234. The summed E-state index contributed by atoms with van der Waals surface area (Å²) in [5.74, 6) is -0.425. The summed E-state index contributed by atoms with van der Waals surface area (Å²) >= 11 is 0. The van der Waals surface area contributed by atoms with Gasteiger partial charge in [-0.3, -0.25) is 9.35 Å². The molecule has 6 unspecified atom stereocenters. The molecule has 0 aromatic rings. The Morgan fingerprint density at radius 3 is 1.63 bits per heavy atom. The van der Waals surface area contributed by atoms with Gasteiger partial charge in [0.15, 0.2) is 6.29 Å². The summed E-state index contributed by atoms with van der Waals surface area (Å²) in [6.07, 6.45) is 42.2. The fourth-order valence-corrected chi connectivity index (χ4v) is 7.30. The molecule has 1 aliphatic rings. The van der Waals surface area contributed by atoms with Gasteiger partial charge in [-0.05, 0) is 64.2 Å². The van der Waals surface area contributed by atoms with E-state index in [0.717, 1.165) is 83.5 Å². The van der Waals surface area contributed by atoms with Crippen LogP contribution in [0.1, 0.15) is 168 Å². The second-order valence-corrected chi connectivity index (χ2v) is 17.0. The van der Waals surface area contributed by atoms with Gasteiger partial charge in [0.2, 0.25) is 0 Å². The normalized spacial score (nSPS) is 20.6. The van der Waals surface area contributed by atoms with Crippen molar-refractivity contribution < 1.29 is 56.2 Å². The van der Waals surface area contributed by atoms with Gasteiger partial charge in [0.1, 0.15) is 30.5 Å². The fraction of sp³-hybridized carbons (Fsp3) is 0.735. The van der Waals surface area contributed by atoms with E-state index in [1.54, 1.807) is 0 Å². The zero-order valence-corrected chi connectivity index (χ0v) is 39.0. The number of allylic oxidation sites excluding steroid dienone is 12. The summed E-state index contributed by atoms with van der Waals surface area (Å²) < 4.78 is 59.0. The van der Waals surface area contributed by atoms with Crippen molar-refractivity contribution in [2.75, 3.05) is 26.4 Å². The van der Waals surface area contributed by atoms with Crippen molar-refractivity contribution in [3.63, 3.8) is 0 Å². The third-order valence-corrected chi connectivity index (χ3v) is 10.8. The van der Waals surface area contributed by atoms with E-state index in [2.05, 4.69) is 90.9 Å². The Bertz CT molecular complexity index is 1360. The molecule has 0 aromatic heterocycles. The number of carbonyl (C=O) groups excluding carboxylic acids is 1. The predicted molar refractivity (Wildman–Crippen MR) is 248 cm³/mol. The molecule has 0 aromatic carbocycles. The quantitative estimate of drug-likeness (QED) is 0.0198. The van der Waals surface area contributed by atoms with E-state index in [4.69, 9.17) is 23.5 Å². The molecule has 0 aliphatic carbocycles. The second-order valence-electron chi connectivity index (χ2n) is 16.0. The van der Waals surface area contributed by atoms with Gasteiger partial charge >= 0.3 is 16.4 Å². The van der Waals surface area contributed by atoms with Crippen molar-refractivity contribution >= 4 is 16.4 Å². The molecule has 1 heterocycles. The summed E-state index contributed by atoms with van der Waals surface area (Å²) in [6, 6.07) is 0. The number of carbonyl (C=O) groups is 1. The van der Waals surface area contributed by atoms with Gasteiger partial charge in [0.05, 0.1) is 19.8 Å². The molecule has 0 bridgehead atoms. The van der Waals surface area contributed by atoms with Gasteiger partial charge < -0.3 is 34.3 Å². The highest BCUT2D eigenvalue weighted by molar-refractivity contribution is 7.80. The molecule has 1 saturated heterocycles. The molecule has 4 N–H and O–H groups in total. The lowest BCUT2D eigenvalue weighted by molar-refractivity contribution is -0.301. The number of ether oxygens (including phenoxy) is 4. The van der Waals surface area contributed by atoms with Crippen LogP contribution in [0.3, 0.4) is 0 Å². The number of hydrogen-bond acceptors (Lipinski definition) is 11. The third-order valence-electron chi connectivity index (χ3n) is 10.3. The van der Waals surface area contributed by atoms with Gasteiger partial charge in [-0.15, -0.1) is 0 Å². The molecule has 0 amide bonds. The zero-order chi connectivity index (χ0) is 45.4. The van der Waals surface area contributed by atoms with Crippen molar-refractivity contribution in [1.29, 1.82) is 0 Å². The molecule has 0 radical (unpaired) electrons. The van der Waals surface area contributed by atoms with E-state index in [0.29, 0.717) is 13.0 Å². The topological polar surface area (TPSA) is 178 Å². The highest BCUT2D eigenvalue weighted by Crippen LogP contribution is 2.26. The summed E-state index contributed by atoms with van der Waals surface area (Å²) in [4.78, 5) is 12.9. The van der Waals surface area contributed by atoms with E-state index in [9.17, 15) is 28.5 Å². The molecular weight excluding hydrogens is 813 g/mol. The Morgan fingerprint density at radius 1 is 0.629 bits per heavy atom. The number of aliphatic hydroxyl groups is 3. The lowest BCUT2D eigenvalue weighted by Crippen LogP contribution is -2.60. The van der Waals surface area contributed by atoms with Crippen LogP contribution in [0.5, 0.6) is 0 Å². The Labute approximate surface area is 375 Å². The third kappa shape index (κ3) is 33.1. The summed E-state index contributed by atoms with van der Waals surface area (Å²) in [5, 5.41) is 30.7. The first-order valence-corrected chi connectivity index (χ1v) is 25.1. The Morgan fingerprint density at radius 2 is 1.11 bits per heavy atom. The van der Waals surface area contributed by atoms with E-state index < -0.39 is 59.8 Å². The average molecular weight is 897 g/mol. The Hall–Kier alpha value is -2.46. The first-order chi connectivity index (χ1) is 30.1. The second kappa shape index (κ2) is 40.1. The highest BCUT2D eigenvalue weighted by atomic mass is 32.3.